The number of fused-ring (bicyclic) bond motifs is 12. The molecule has 0 saturated carbocycles. The Hall–Kier alpha value is -12.0. The number of aryl methyl sites for hydroxylation is 2. The number of para-hydroxylation sites is 8. The highest BCUT2D eigenvalue weighted by Crippen LogP contribution is 2.51. The zero-order valence-corrected chi connectivity index (χ0v) is 48.2. The fourth-order valence-electron chi connectivity index (χ4n) is 14.6. The summed E-state index contributed by atoms with van der Waals surface area (Å²) in [4.78, 5) is 0. The molecule has 4 aromatic heterocycles. The molecule has 0 aliphatic rings. The number of nitrogens with zero attached hydrogens (tertiary/aromatic N) is 6. The molecule has 0 spiro atoms. The van der Waals surface area contributed by atoms with Gasteiger partial charge in [-0.3, -0.25) is 0 Å². The highest BCUT2D eigenvalue weighted by atomic mass is 15.0. The van der Waals surface area contributed by atoms with Gasteiger partial charge in [-0.15, -0.1) is 0 Å². The Kier molecular flexibility index (Phi) is 11.4. The van der Waals surface area contributed by atoms with Crippen LogP contribution in [0.15, 0.2) is 279 Å². The van der Waals surface area contributed by atoms with Crippen LogP contribution in [-0.4, -0.2) is 18.3 Å². The zero-order valence-electron chi connectivity index (χ0n) is 48.2. The number of benzene rings is 13. The normalized spacial score (nSPS) is 11.7. The van der Waals surface area contributed by atoms with Gasteiger partial charge in [-0.05, 0) is 144 Å². The van der Waals surface area contributed by atoms with Gasteiger partial charge in [0.1, 0.15) is 12.1 Å². The van der Waals surface area contributed by atoms with Crippen molar-refractivity contribution in [2.24, 2.45) is 0 Å². The first-order chi connectivity index (χ1) is 43.4. The predicted octanol–water partition coefficient (Wildman–Crippen LogP) is 21.1. The van der Waals surface area contributed by atoms with E-state index in [1.54, 1.807) is 0 Å². The van der Waals surface area contributed by atoms with E-state index >= 15 is 0 Å². The molecule has 17 aromatic rings. The van der Waals surface area contributed by atoms with Gasteiger partial charge in [0.25, 0.3) is 0 Å². The van der Waals surface area contributed by atoms with Crippen molar-refractivity contribution < 1.29 is 0 Å². The highest BCUT2D eigenvalue weighted by Gasteiger charge is 2.30. The molecule has 0 saturated heterocycles. The SMILES string of the molecule is Cc1cc(-c2c(C#N)c(-c3ccc(-n4c5ccccc5c5ccccc54)cc3)c(-c3ccc(-n4c5ccccc5c5ccccc54)c(C)c3)c(C#N)c2-c2ccc(-n3c4ccccc4c4ccccc43)cc2)ccc1-n1c2ccccc2c2ccccc21. The Morgan fingerprint density at radius 2 is 0.455 bits per heavy atom. The number of rotatable bonds is 8. The second kappa shape index (κ2) is 19.8. The van der Waals surface area contributed by atoms with Crippen LogP contribution in [0, 0.1) is 36.5 Å². The van der Waals surface area contributed by atoms with E-state index in [0.717, 1.165) is 100 Å². The van der Waals surface area contributed by atoms with E-state index in [9.17, 15) is 10.5 Å². The van der Waals surface area contributed by atoms with Crippen LogP contribution in [0.3, 0.4) is 0 Å². The van der Waals surface area contributed by atoms with E-state index in [1.165, 1.54) is 43.1 Å². The molecule has 0 aliphatic carbocycles. The molecule has 0 N–H and O–H groups in total. The van der Waals surface area contributed by atoms with Crippen LogP contribution >= 0.6 is 0 Å². The van der Waals surface area contributed by atoms with E-state index in [-0.39, 0.29) is 0 Å². The molecule has 4 heterocycles. The van der Waals surface area contributed by atoms with Gasteiger partial charge in [0.15, 0.2) is 0 Å². The lowest BCUT2D eigenvalue weighted by Gasteiger charge is -2.24. The van der Waals surface area contributed by atoms with E-state index in [0.29, 0.717) is 33.4 Å². The number of hydrogen-bond donors (Lipinski definition) is 0. The predicted molar refractivity (Wildman–Crippen MR) is 364 cm³/mol. The van der Waals surface area contributed by atoms with Gasteiger partial charge in [-0.25, -0.2) is 0 Å². The van der Waals surface area contributed by atoms with Crippen molar-refractivity contribution in [1.29, 1.82) is 10.5 Å². The lowest BCUT2D eigenvalue weighted by atomic mass is 9.77. The fourth-order valence-corrected chi connectivity index (χ4v) is 14.6. The maximum Gasteiger partial charge on any atom is 0.100 e. The molecule has 0 radical (unpaired) electrons. The van der Waals surface area contributed by atoms with Gasteiger partial charge >= 0.3 is 0 Å². The fraction of sp³-hybridized carbons (Fsp3) is 0.0244. The molecule has 13 aromatic carbocycles. The standard InChI is InChI=1S/C82H52N6/c1-51-47-55(39-45-69(51)87-75-31-15-7-23-63(75)64-24-8-16-32-76(64)87)81-67(49-83)80(54-37-43-58(44-38-54)86-73-29-13-5-21-61(73)62-22-6-14-30-74(62)86)82(56-40-46-70(52(2)48-56)88-77-33-17-9-25-65(77)66-26-10-18-34-78(66)88)68(50-84)79(81)53-35-41-57(42-36-53)85-71-27-11-3-19-59(71)60-20-4-12-28-72(60)85/h3-48H,1-2H3. The Morgan fingerprint density at radius 1 is 0.239 bits per heavy atom. The molecule has 0 amide bonds. The van der Waals surface area contributed by atoms with Crippen LogP contribution in [0.25, 0.3) is 154 Å². The Morgan fingerprint density at radius 3 is 0.693 bits per heavy atom. The molecule has 17 rings (SSSR count). The van der Waals surface area contributed by atoms with E-state index < -0.39 is 0 Å². The third-order valence-corrected chi connectivity index (χ3v) is 18.3. The van der Waals surface area contributed by atoms with Crippen LogP contribution in [-0.2, 0) is 0 Å². The zero-order chi connectivity index (χ0) is 58.7. The number of hydrogen-bond acceptors (Lipinski definition) is 2. The van der Waals surface area contributed by atoms with Crippen molar-refractivity contribution in [3.63, 3.8) is 0 Å². The third kappa shape index (κ3) is 7.46. The highest BCUT2D eigenvalue weighted by molar-refractivity contribution is 6.13. The van der Waals surface area contributed by atoms with Crippen molar-refractivity contribution in [2.75, 3.05) is 0 Å². The molecular formula is C82H52N6. The lowest BCUT2D eigenvalue weighted by molar-refractivity contribution is 1.15. The van der Waals surface area contributed by atoms with Crippen LogP contribution in [0.2, 0.25) is 0 Å². The summed E-state index contributed by atoms with van der Waals surface area (Å²) in [6, 6.07) is 105. The van der Waals surface area contributed by atoms with Gasteiger partial charge in [0.2, 0.25) is 0 Å². The minimum Gasteiger partial charge on any atom is -0.309 e. The quantitative estimate of drug-likeness (QED) is 0.152. The second-order valence-corrected chi connectivity index (χ2v) is 23.0. The second-order valence-electron chi connectivity index (χ2n) is 23.0. The van der Waals surface area contributed by atoms with Gasteiger partial charge in [-0.1, -0.05) is 182 Å². The van der Waals surface area contributed by atoms with E-state index in [4.69, 9.17) is 0 Å². The van der Waals surface area contributed by atoms with E-state index in [1.807, 2.05) is 0 Å². The first kappa shape index (κ1) is 50.5. The summed E-state index contributed by atoms with van der Waals surface area (Å²) >= 11 is 0. The first-order valence-electron chi connectivity index (χ1n) is 29.9. The maximum absolute atomic E-state index is 12.3. The van der Waals surface area contributed by atoms with Crippen LogP contribution in [0.5, 0.6) is 0 Å². The third-order valence-electron chi connectivity index (χ3n) is 18.3. The average molecular weight is 1120 g/mol. The molecule has 0 aliphatic heterocycles. The molecular weight excluding hydrogens is 1070 g/mol. The summed E-state index contributed by atoms with van der Waals surface area (Å²) in [5, 5.41) is 34.1. The molecule has 88 heavy (non-hydrogen) atoms. The van der Waals surface area contributed by atoms with Gasteiger partial charge in [0, 0.05) is 88.1 Å². The summed E-state index contributed by atoms with van der Waals surface area (Å²) in [6.07, 6.45) is 0. The Bertz CT molecular complexity index is 5270. The summed E-state index contributed by atoms with van der Waals surface area (Å²) in [5.74, 6) is 0. The van der Waals surface area contributed by atoms with Gasteiger partial charge < -0.3 is 18.3 Å². The summed E-state index contributed by atoms with van der Waals surface area (Å²) in [7, 11) is 0. The summed E-state index contributed by atoms with van der Waals surface area (Å²) < 4.78 is 9.33. The van der Waals surface area contributed by atoms with Gasteiger partial charge in [-0.2, -0.15) is 10.5 Å². The maximum atomic E-state index is 12.3. The minimum atomic E-state index is 0.480. The van der Waals surface area contributed by atoms with E-state index in [2.05, 4.69) is 323 Å². The van der Waals surface area contributed by atoms with Crippen molar-refractivity contribution in [3.8, 4) is 79.4 Å². The summed E-state index contributed by atoms with van der Waals surface area (Å²) in [5.41, 5.74) is 22.1. The molecule has 410 valence electrons. The molecule has 0 unspecified atom stereocenters. The first-order valence-corrected chi connectivity index (χ1v) is 29.9. The topological polar surface area (TPSA) is 67.3 Å². The van der Waals surface area contributed by atoms with Crippen molar-refractivity contribution in [3.05, 3.63) is 301 Å². The molecule has 6 nitrogen and oxygen atoms in total. The van der Waals surface area contributed by atoms with Crippen LogP contribution in [0.4, 0.5) is 0 Å². The van der Waals surface area contributed by atoms with Gasteiger partial charge in [0.05, 0.1) is 55.3 Å². The molecule has 6 heteroatoms. The minimum absolute atomic E-state index is 0.480. The molecule has 0 fully saturated rings. The molecule has 0 atom stereocenters. The van der Waals surface area contributed by atoms with Crippen molar-refractivity contribution >= 4 is 87.2 Å². The number of nitriles is 2. The monoisotopic (exact) mass is 1120 g/mol. The summed E-state index contributed by atoms with van der Waals surface area (Å²) in [6.45, 7) is 4.31. The Balaban J connectivity index is 0.943. The van der Waals surface area contributed by atoms with Crippen LogP contribution in [0.1, 0.15) is 22.3 Å². The van der Waals surface area contributed by atoms with Crippen LogP contribution < -0.4 is 0 Å². The number of aromatic nitrogens is 4. The largest absolute Gasteiger partial charge is 0.309 e. The molecule has 0 bridgehead atoms. The van der Waals surface area contributed by atoms with Crippen molar-refractivity contribution in [2.45, 2.75) is 13.8 Å². The lowest BCUT2D eigenvalue weighted by Crippen LogP contribution is -2.04. The Labute approximate surface area is 507 Å². The average Bonchev–Trinajstić information content (AvgIpc) is 1.11. The van der Waals surface area contributed by atoms with Crippen molar-refractivity contribution in [1.82, 2.24) is 18.3 Å². The smallest absolute Gasteiger partial charge is 0.100 e.